The van der Waals surface area contributed by atoms with E-state index in [1.165, 1.54) is 0 Å². The number of esters is 2. The molecular formula is C16H11F7O4. The summed E-state index contributed by atoms with van der Waals surface area (Å²) in [7, 11) is 0. The lowest BCUT2D eigenvalue weighted by molar-refractivity contribution is -0.256. The van der Waals surface area contributed by atoms with Crippen LogP contribution in [0.5, 0.6) is 0 Å². The molecule has 0 radical (unpaired) electrons. The van der Waals surface area contributed by atoms with Crippen LogP contribution < -0.4 is 0 Å². The Morgan fingerprint density at radius 3 is 1.63 bits per heavy atom. The molecule has 1 saturated carbocycles. The fourth-order valence-corrected chi connectivity index (χ4v) is 3.28. The van der Waals surface area contributed by atoms with Crippen molar-refractivity contribution in [3.05, 3.63) is 34.4 Å². The van der Waals surface area contributed by atoms with Crippen LogP contribution in [0, 0.1) is 23.3 Å². The zero-order chi connectivity index (χ0) is 20.1. The molecule has 3 rings (SSSR count). The number of carbonyl (C=O) groups is 2. The number of hydrogen-bond acceptors (Lipinski definition) is 4. The van der Waals surface area contributed by atoms with Crippen molar-refractivity contribution in [1.29, 1.82) is 0 Å². The second kappa shape index (κ2) is 6.38. The first-order valence-corrected chi connectivity index (χ1v) is 7.87. The predicted molar refractivity (Wildman–Crippen MR) is 72.0 cm³/mol. The summed E-state index contributed by atoms with van der Waals surface area (Å²) in [6.45, 7) is 0. The van der Waals surface area contributed by atoms with Gasteiger partial charge in [-0.25, -0.2) is 17.6 Å². The quantitative estimate of drug-likeness (QED) is 0.308. The number of hydrogen-bond donors (Lipinski definition) is 0. The molecule has 1 aromatic rings. The Balaban J connectivity index is 2.07. The zero-order valence-corrected chi connectivity index (χ0v) is 13.4. The lowest BCUT2D eigenvalue weighted by atomic mass is 9.90. The minimum atomic E-state index is -5.74. The summed E-state index contributed by atoms with van der Waals surface area (Å²) in [5, 5.41) is 0. The number of rotatable bonds is 1. The molecule has 1 aliphatic heterocycles. The zero-order valence-electron chi connectivity index (χ0n) is 13.4. The molecular weight excluding hydrogens is 389 g/mol. The van der Waals surface area contributed by atoms with Crippen molar-refractivity contribution in [3.8, 4) is 0 Å². The van der Waals surface area contributed by atoms with Crippen molar-refractivity contribution in [1.82, 2.24) is 0 Å². The fraction of sp³-hybridized carbons (Fsp3) is 0.500. The highest BCUT2D eigenvalue weighted by atomic mass is 19.4. The molecule has 0 amide bonds. The summed E-state index contributed by atoms with van der Waals surface area (Å²) in [6, 6.07) is 0. The lowest BCUT2D eigenvalue weighted by Crippen LogP contribution is -2.50. The molecule has 2 fully saturated rings. The largest absolute Gasteiger partial charge is 0.422 e. The van der Waals surface area contributed by atoms with E-state index in [2.05, 4.69) is 0 Å². The predicted octanol–water partition coefficient (Wildman–Crippen LogP) is 4.11. The van der Waals surface area contributed by atoms with E-state index in [9.17, 15) is 40.3 Å². The van der Waals surface area contributed by atoms with Gasteiger partial charge in [0, 0.05) is 12.8 Å². The summed E-state index contributed by atoms with van der Waals surface area (Å²) in [5.74, 6) is -17.9. The molecule has 27 heavy (non-hydrogen) atoms. The van der Waals surface area contributed by atoms with E-state index < -0.39 is 64.2 Å². The topological polar surface area (TPSA) is 52.6 Å². The van der Waals surface area contributed by atoms with Gasteiger partial charge in [-0.3, -0.25) is 9.59 Å². The number of carbonyl (C=O) groups excluding carboxylic acids is 2. The van der Waals surface area contributed by atoms with Crippen LogP contribution in [0.25, 0.3) is 0 Å². The number of halogens is 7. The van der Waals surface area contributed by atoms with Crippen LogP contribution in [0.1, 0.15) is 49.1 Å². The molecule has 0 unspecified atom stereocenters. The molecule has 11 heteroatoms. The Morgan fingerprint density at radius 1 is 0.778 bits per heavy atom. The number of ether oxygens (including phenoxy) is 2. The fourth-order valence-electron chi connectivity index (χ4n) is 3.28. The third-order valence-corrected chi connectivity index (χ3v) is 4.53. The molecule has 1 heterocycles. The van der Waals surface area contributed by atoms with E-state index >= 15 is 0 Å². The number of benzene rings is 1. The molecule has 0 aromatic heterocycles. The van der Waals surface area contributed by atoms with Gasteiger partial charge in [0.2, 0.25) is 0 Å². The average Bonchev–Trinajstić information content (AvgIpc) is 2.55. The van der Waals surface area contributed by atoms with Crippen LogP contribution in [0.4, 0.5) is 30.7 Å². The van der Waals surface area contributed by atoms with E-state index in [0.29, 0.717) is 12.8 Å². The monoisotopic (exact) mass is 400 g/mol. The summed E-state index contributed by atoms with van der Waals surface area (Å²) < 4.78 is 104. The first-order valence-electron chi connectivity index (χ1n) is 7.87. The SMILES string of the molecule is O=C1OC2(CCCCC2)OC(=O)C1c1c(F)c(F)c(C(F)(F)F)c(F)c1F. The Kier molecular flexibility index (Phi) is 4.59. The van der Waals surface area contributed by atoms with Crippen LogP contribution in [-0.4, -0.2) is 17.7 Å². The maximum absolute atomic E-state index is 14.1. The van der Waals surface area contributed by atoms with Crippen molar-refractivity contribution >= 4 is 11.9 Å². The summed E-state index contributed by atoms with van der Waals surface area (Å²) >= 11 is 0. The van der Waals surface area contributed by atoms with Gasteiger partial charge in [-0.05, 0) is 12.8 Å². The molecule has 1 aromatic carbocycles. The highest BCUT2D eigenvalue weighted by Gasteiger charge is 2.53. The van der Waals surface area contributed by atoms with Gasteiger partial charge in [0.15, 0.2) is 29.2 Å². The minimum Gasteiger partial charge on any atom is -0.422 e. The van der Waals surface area contributed by atoms with Crippen LogP contribution in [0.2, 0.25) is 0 Å². The minimum absolute atomic E-state index is 0.123. The molecule has 148 valence electrons. The van der Waals surface area contributed by atoms with Gasteiger partial charge in [-0.15, -0.1) is 0 Å². The van der Waals surface area contributed by atoms with Crippen molar-refractivity contribution in [3.63, 3.8) is 0 Å². The Labute approximate surface area is 147 Å². The second-order valence-corrected chi connectivity index (χ2v) is 6.29. The van der Waals surface area contributed by atoms with Crippen molar-refractivity contribution < 1.29 is 49.8 Å². The maximum Gasteiger partial charge on any atom is 0.422 e. The smallest absolute Gasteiger partial charge is 0.422 e. The molecule has 0 atom stereocenters. The van der Waals surface area contributed by atoms with Gasteiger partial charge in [0.1, 0.15) is 5.56 Å². The molecule has 4 nitrogen and oxygen atoms in total. The van der Waals surface area contributed by atoms with E-state index in [4.69, 9.17) is 9.47 Å². The van der Waals surface area contributed by atoms with Crippen LogP contribution in [0.3, 0.4) is 0 Å². The first kappa shape index (κ1) is 19.4. The Morgan fingerprint density at radius 2 is 1.22 bits per heavy atom. The van der Waals surface area contributed by atoms with Crippen molar-refractivity contribution in [2.75, 3.05) is 0 Å². The molecule has 1 aliphatic carbocycles. The van der Waals surface area contributed by atoms with Crippen LogP contribution in [0.15, 0.2) is 0 Å². The third-order valence-electron chi connectivity index (χ3n) is 4.53. The average molecular weight is 400 g/mol. The van der Waals surface area contributed by atoms with Gasteiger partial charge >= 0.3 is 18.1 Å². The van der Waals surface area contributed by atoms with Gasteiger partial charge < -0.3 is 9.47 Å². The van der Waals surface area contributed by atoms with Gasteiger partial charge in [-0.1, -0.05) is 6.42 Å². The summed E-state index contributed by atoms with van der Waals surface area (Å²) in [4.78, 5) is 24.3. The van der Waals surface area contributed by atoms with Gasteiger partial charge in [-0.2, -0.15) is 13.2 Å². The van der Waals surface area contributed by atoms with Crippen LogP contribution in [-0.2, 0) is 25.2 Å². The highest BCUT2D eigenvalue weighted by molar-refractivity contribution is 6.02. The van der Waals surface area contributed by atoms with Crippen LogP contribution >= 0.6 is 0 Å². The Bertz CT molecular complexity index is 763. The Hall–Kier alpha value is -2.33. The first-order chi connectivity index (χ1) is 12.5. The maximum atomic E-state index is 14.1. The van der Waals surface area contributed by atoms with E-state index in [1.54, 1.807) is 0 Å². The summed E-state index contributed by atoms with van der Waals surface area (Å²) in [6.07, 6.45) is -3.68. The van der Waals surface area contributed by atoms with E-state index in [0.717, 1.165) is 6.42 Å². The molecule has 1 spiro atoms. The normalized spacial score (nSPS) is 20.6. The second-order valence-electron chi connectivity index (χ2n) is 6.29. The highest BCUT2D eigenvalue weighted by Crippen LogP contribution is 2.43. The summed E-state index contributed by atoms with van der Waals surface area (Å²) in [5.41, 5.74) is -4.62. The third kappa shape index (κ3) is 3.12. The van der Waals surface area contributed by atoms with Crippen molar-refractivity contribution in [2.45, 2.75) is 50.0 Å². The molecule has 2 aliphatic rings. The number of alkyl halides is 3. The standard InChI is InChI=1S/C16H11F7O4/c17-9-6(10(18)12(20)8(11(9)19)16(21,22)23)7-13(24)26-15(27-14(7)25)4-2-1-3-5-15/h7H,1-5H2. The van der Waals surface area contributed by atoms with Gasteiger partial charge in [0.05, 0.1) is 5.56 Å². The lowest BCUT2D eigenvalue weighted by Gasteiger charge is -2.40. The molecule has 1 saturated heterocycles. The molecule has 0 N–H and O–H groups in total. The molecule has 0 bridgehead atoms. The van der Waals surface area contributed by atoms with Crippen molar-refractivity contribution in [2.24, 2.45) is 0 Å². The van der Waals surface area contributed by atoms with E-state index in [-0.39, 0.29) is 12.8 Å². The van der Waals surface area contributed by atoms with Gasteiger partial charge in [0.25, 0.3) is 5.79 Å². The van der Waals surface area contributed by atoms with E-state index in [1.807, 2.05) is 0 Å².